The summed E-state index contributed by atoms with van der Waals surface area (Å²) < 4.78 is 10.7. The Morgan fingerprint density at radius 3 is 2.65 bits per heavy atom. The van der Waals surface area contributed by atoms with Crippen molar-refractivity contribution in [3.63, 3.8) is 0 Å². The van der Waals surface area contributed by atoms with Gasteiger partial charge in [0.25, 0.3) is 0 Å². The van der Waals surface area contributed by atoms with Crippen LogP contribution in [0.2, 0.25) is 0 Å². The van der Waals surface area contributed by atoms with Crippen LogP contribution in [-0.2, 0) is 17.6 Å². The third-order valence-corrected chi connectivity index (χ3v) is 6.31. The zero-order valence-electron chi connectivity index (χ0n) is 17.7. The third-order valence-electron chi connectivity index (χ3n) is 6.31. The lowest BCUT2D eigenvalue weighted by atomic mass is 9.97. The molecule has 5 rings (SSSR count). The summed E-state index contributed by atoms with van der Waals surface area (Å²) in [5.41, 5.74) is 4.11. The average Bonchev–Trinajstić information content (AvgIpc) is 3.14. The molecule has 2 aliphatic rings. The monoisotopic (exact) mass is 415 g/mol. The van der Waals surface area contributed by atoms with Crippen LogP contribution >= 0.6 is 0 Å². The molecule has 1 saturated heterocycles. The topological polar surface area (TPSA) is 64.5 Å². The van der Waals surface area contributed by atoms with Gasteiger partial charge in [0, 0.05) is 29.8 Å². The number of fused-ring (bicyclic) bond motifs is 4. The van der Waals surface area contributed by atoms with Crippen molar-refractivity contribution in [2.24, 2.45) is 0 Å². The van der Waals surface area contributed by atoms with E-state index in [0.717, 1.165) is 47.5 Å². The van der Waals surface area contributed by atoms with Crippen LogP contribution in [0.4, 0.5) is 0 Å². The molecule has 0 unspecified atom stereocenters. The molecular formula is C25H25N3O3. The van der Waals surface area contributed by atoms with Crippen molar-refractivity contribution >= 4 is 5.91 Å². The van der Waals surface area contributed by atoms with Gasteiger partial charge in [-0.1, -0.05) is 36.4 Å². The maximum Gasteiger partial charge on any atom is 0.227 e. The van der Waals surface area contributed by atoms with Gasteiger partial charge in [0.15, 0.2) is 17.3 Å². The number of nitrogens with zero attached hydrogens (tertiary/aromatic N) is 3. The van der Waals surface area contributed by atoms with Crippen LogP contribution < -0.4 is 9.47 Å². The predicted octanol–water partition coefficient (Wildman–Crippen LogP) is 3.99. The minimum Gasteiger partial charge on any atom is -0.493 e. The molecule has 1 fully saturated rings. The highest BCUT2D eigenvalue weighted by Gasteiger charge is 2.43. The summed E-state index contributed by atoms with van der Waals surface area (Å²) >= 11 is 0. The molecule has 0 radical (unpaired) electrons. The highest BCUT2D eigenvalue weighted by molar-refractivity contribution is 5.80. The lowest BCUT2D eigenvalue weighted by molar-refractivity contribution is -0.134. The van der Waals surface area contributed by atoms with Crippen molar-refractivity contribution in [3.8, 4) is 22.9 Å². The van der Waals surface area contributed by atoms with Gasteiger partial charge in [0.1, 0.15) is 0 Å². The van der Waals surface area contributed by atoms with Gasteiger partial charge in [-0.15, -0.1) is 0 Å². The van der Waals surface area contributed by atoms with E-state index in [-0.39, 0.29) is 18.0 Å². The van der Waals surface area contributed by atoms with Crippen molar-refractivity contribution < 1.29 is 14.3 Å². The lowest BCUT2D eigenvalue weighted by Crippen LogP contribution is -2.43. The van der Waals surface area contributed by atoms with Crippen molar-refractivity contribution in [1.29, 1.82) is 0 Å². The molecule has 0 saturated carbocycles. The number of rotatable bonds is 5. The number of hydrogen-bond acceptors (Lipinski definition) is 5. The predicted molar refractivity (Wildman–Crippen MR) is 117 cm³/mol. The average molecular weight is 415 g/mol. The van der Waals surface area contributed by atoms with E-state index < -0.39 is 0 Å². The van der Waals surface area contributed by atoms with Crippen LogP contribution in [0, 0.1) is 0 Å². The Morgan fingerprint density at radius 2 is 1.87 bits per heavy atom. The molecule has 31 heavy (non-hydrogen) atoms. The first-order valence-corrected chi connectivity index (χ1v) is 10.6. The molecule has 2 bridgehead atoms. The van der Waals surface area contributed by atoms with Gasteiger partial charge in [-0.2, -0.15) is 0 Å². The first-order chi connectivity index (χ1) is 15.2. The van der Waals surface area contributed by atoms with Crippen LogP contribution in [0.15, 0.2) is 54.7 Å². The van der Waals surface area contributed by atoms with Gasteiger partial charge in [0.2, 0.25) is 5.91 Å². The normalized spacial score (nSPS) is 19.1. The molecule has 3 aromatic rings. The van der Waals surface area contributed by atoms with Crippen molar-refractivity contribution in [3.05, 3.63) is 71.5 Å². The van der Waals surface area contributed by atoms with E-state index in [2.05, 4.69) is 9.88 Å². The third kappa shape index (κ3) is 3.52. The minimum atomic E-state index is 0.0613. The SMILES string of the molecule is COc1ccc(CC(=O)N2[C@H]3CC[C@@H]2c2cnc(-c4ccccc4)nc2C3)cc1OC. The van der Waals surface area contributed by atoms with Gasteiger partial charge in [-0.3, -0.25) is 4.79 Å². The van der Waals surface area contributed by atoms with Crippen molar-refractivity contribution in [2.45, 2.75) is 37.8 Å². The van der Waals surface area contributed by atoms with E-state index in [9.17, 15) is 4.79 Å². The van der Waals surface area contributed by atoms with Crippen LogP contribution in [0.1, 0.15) is 35.7 Å². The quantitative estimate of drug-likeness (QED) is 0.630. The van der Waals surface area contributed by atoms with Gasteiger partial charge in [0.05, 0.1) is 32.4 Å². The van der Waals surface area contributed by atoms with E-state index in [0.29, 0.717) is 17.9 Å². The molecule has 1 amide bonds. The molecule has 2 aromatic carbocycles. The van der Waals surface area contributed by atoms with Gasteiger partial charge < -0.3 is 14.4 Å². The fourth-order valence-electron chi connectivity index (χ4n) is 4.84. The van der Waals surface area contributed by atoms with Gasteiger partial charge >= 0.3 is 0 Å². The molecule has 0 aliphatic carbocycles. The van der Waals surface area contributed by atoms with Crippen LogP contribution in [0.3, 0.4) is 0 Å². The summed E-state index contributed by atoms with van der Waals surface area (Å²) in [5, 5.41) is 0. The Kier molecular flexibility index (Phi) is 5.06. The zero-order chi connectivity index (χ0) is 21.4. The van der Waals surface area contributed by atoms with E-state index in [1.807, 2.05) is 54.7 Å². The summed E-state index contributed by atoms with van der Waals surface area (Å²) in [7, 11) is 3.21. The van der Waals surface area contributed by atoms with Crippen molar-refractivity contribution in [1.82, 2.24) is 14.9 Å². The summed E-state index contributed by atoms with van der Waals surface area (Å²) in [6, 6.07) is 15.9. The molecule has 1 aromatic heterocycles. The standard InChI is InChI=1S/C25H25N3O3/c1-30-22-11-8-16(12-23(22)31-2)13-24(29)28-18-9-10-21(28)19-15-26-25(27-20(19)14-18)17-6-4-3-5-7-17/h3-8,11-12,15,18,21H,9-10,13-14H2,1-2H3/t18-,21+/m0/s1. The number of benzene rings is 2. The lowest BCUT2D eigenvalue weighted by Gasteiger charge is -2.36. The molecular weight excluding hydrogens is 390 g/mol. The molecule has 2 aliphatic heterocycles. The summed E-state index contributed by atoms with van der Waals surface area (Å²) in [5.74, 6) is 2.19. The second kappa shape index (κ2) is 8.02. The summed E-state index contributed by atoms with van der Waals surface area (Å²) in [6.45, 7) is 0. The molecule has 3 heterocycles. The Hall–Kier alpha value is -3.41. The summed E-state index contributed by atoms with van der Waals surface area (Å²) in [6.07, 6.45) is 5.01. The number of aromatic nitrogens is 2. The minimum absolute atomic E-state index is 0.0613. The number of hydrogen-bond donors (Lipinski definition) is 0. The maximum atomic E-state index is 13.3. The maximum absolute atomic E-state index is 13.3. The summed E-state index contributed by atoms with van der Waals surface area (Å²) in [4.78, 5) is 24.8. The van der Waals surface area contributed by atoms with Crippen LogP contribution in [0.25, 0.3) is 11.4 Å². The Labute approximate surface area is 181 Å². The van der Waals surface area contributed by atoms with Crippen molar-refractivity contribution in [2.75, 3.05) is 14.2 Å². The number of ether oxygens (including phenoxy) is 2. The highest BCUT2D eigenvalue weighted by atomic mass is 16.5. The molecule has 2 atom stereocenters. The van der Waals surface area contributed by atoms with E-state index in [1.54, 1.807) is 14.2 Å². The molecule has 0 N–H and O–H groups in total. The smallest absolute Gasteiger partial charge is 0.227 e. The Balaban J connectivity index is 1.39. The first-order valence-electron chi connectivity index (χ1n) is 10.6. The van der Waals surface area contributed by atoms with Gasteiger partial charge in [-0.25, -0.2) is 9.97 Å². The molecule has 6 nitrogen and oxygen atoms in total. The van der Waals surface area contributed by atoms with E-state index in [4.69, 9.17) is 14.5 Å². The van der Waals surface area contributed by atoms with Gasteiger partial charge in [-0.05, 0) is 30.5 Å². The number of methoxy groups -OCH3 is 2. The molecule has 0 spiro atoms. The second-order valence-electron chi connectivity index (χ2n) is 8.08. The largest absolute Gasteiger partial charge is 0.493 e. The first kappa shape index (κ1) is 19.5. The fourth-order valence-corrected chi connectivity index (χ4v) is 4.84. The Morgan fingerprint density at radius 1 is 1.06 bits per heavy atom. The van der Waals surface area contributed by atoms with Crippen LogP contribution in [0.5, 0.6) is 11.5 Å². The molecule has 158 valence electrons. The number of amides is 1. The second-order valence-corrected chi connectivity index (χ2v) is 8.08. The van der Waals surface area contributed by atoms with E-state index >= 15 is 0 Å². The molecule has 6 heteroatoms. The number of carbonyl (C=O) groups excluding carboxylic acids is 1. The fraction of sp³-hybridized carbons (Fsp3) is 0.320. The highest BCUT2D eigenvalue weighted by Crippen LogP contribution is 2.43. The number of carbonyl (C=O) groups is 1. The van der Waals surface area contributed by atoms with Crippen LogP contribution in [-0.4, -0.2) is 41.0 Å². The van der Waals surface area contributed by atoms with E-state index in [1.165, 1.54) is 0 Å². The Bertz CT molecular complexity index is 1120. The zero-order valence-corrected chi connectivity index (χ0v) is 17.7.